The van der Waals surface area contributed by atoms with Crippen LogP contribution in [0.25, 0.3) is 10.9 Å². The van der Waals surface area contributed by atoms with Crippen LogP contribution < -0.4 is 5.32 Å². The topological polar surface area (TPSA) is 67.8 Å². The summed E-state index contributed by atoms with van der Waals surface area (Å²) in [6.07, 6.45) is 0. The average Bonchev–Trinajstić information content (AvgIpc) is 3.16. The minimum Gasteiger partial charge on any atom is -0.320 e. The number of anilines is 1. The summed E-state index contributed by atoms with van der Waals surface area (Å²) >= 11 is 2.93. The quantitative estimate of drug-likeness (QED) is 0.578. The summed E-state index contributed by atoms with van der Waals surface area (Å²) in [5, 5.41) is 11.8. The molecule has 0 bridgehead atoms. The van der Waals surface area contributed by atoms with Crippen molar-refractivity contribution in [1.82, 2.24) is 15.2 Å². The number of rotatable bonds is 4. The lowest BCUT2D eigenvalue weighted by molar-refractivity contribution is 0.102. The van der Waals surface area contributed by atoms with Gasteiger partial charge in [-0.25, -0.2) is 4.98 Å². The summed E-state index contributed by atoms with van der Waals surface area (Å²) in [5.74, 6) is -0.240. The van der Waals surface area contributed by atoms with Crippen molar-refractivity contribution in [3.8, 4) is 0 Å². The number of para-hydroxylation sites is 2. The smallest absolute Gasteiger partial charge is 0.274 e. The number of fused-ring (bicyclic) bond motifs is 1. The van der Waals surface area contributed by atoms with Gasteiger partial charge in [-0.1, -0.05) is 59.5 Å². The van der Waals surface area contributed by atoms with Crippen molar-refractivity contribution in [2.24, 2.45) is 0 Å². The fourth-order valence-electron chi connectivity index (χ4n) is 2.34. The minimum atomic E-state index is -0.240. The summed E-state index contributed by atoms with van der Waals surface area (Å²) in [6, 6.07) is 19.0. The van der Waals surface area contributed by atoms with Gasteiger partial charge in [-0.05, 0) is 24.3 Å². The minimum absolute atomic E-state index is 0.240. The lowest BCUT2D eigenvalue weighted by Gasteiger charge is -2.09. The van der Waals surface area contributed by atoms with Crippen molar-refractivity contribution >= 4 is 45.6 Å². The molecule has 25 heavy (non-hydrogen) atoms. The van der Waals surface area contributed by atoms with Crippen LogP contribution in [-0.2, 0) is 0 Å². The molecule has 0 fully saturated rings. The third-order valence-electron chi connectivity index (χ3n) is 3.50. The van der Waals surface area contributed by atoms with E-state index in [2.05, 4.69) is 20.5 Å². The predicted molar refractivity (Wildman–Crippen MR) is 100 cm³/mol. The molecule has 0 saturated carbocycles. The van der Waals surface area contributed by atoms with Gasteiger partial charge in [0.2, 0.25) is 0 Å². The molecule has 0 radical (unpaired) electrons. The molecule has 1 N–H and O–H groups in total. The largest absolute Gasteiger partial charge is 0.320 e. The summed E-state index contributed by atoms with van der Waals surface area (Å²) in [6.45, 7) is 0. The number of nitrogens with zero attached hydrogens (tertiary/aromatic N) is 3. The van der Waals surface area contributed by atoms with Gasteiger partial charge in [-0.2, -0.15) is 0 Å². The van der Waals surface area contributed by atoms with E-state index in [0.717, 1.165) is 25.8 Å². The maximum absolute atomic E-state index is 12.6. The second-order valence-electron chi connectivity index (χ2n) is 5.15. The van der Waals surface area contributed by atoms with Gasteiger partial charge < -0.3 is 5.32 Å². The fourth-order valence-corrected chi connectivity index (χ4v) is 3.86. The predicted octanol–water partition coefficient (Wildman–Crippen LogP) is 4.49. The molecule has 2 aromatic heterocycles. The maximum atomic E-state index is 12.6. The van der Waals surface area contributed by atoms with Gasteiger partial charge in [0.15, 0.2) is 4.34 Å². The zero-order chi connectivity index (χ0) is 17.1. The van der Waals surface area contributed by atoms with E-state index in [1.807, 2.05) is 54.6 Å². The molecule has 2 heterocycles. The zero-order valence-electron chi connectivity index (χ0n) is 12.9. The number of nitrogens with one attached hydrogen (secondary N) is 1. The van der Waals surface area contributed by atoms with Gasteiger partial charge in [0.05, 0.1) is 11.2 Å². The van der Waals surface area contributed by atoms with E-state index in [9.17, 15) is 4.79 Å². The Bertz CT molecular complexity index is 1030. The molecular formula is C18H12N4OS2. The highest BCUT2D eigenvalue weighted by Gasteiger charge is 2.12. The molecule has 0 aliphatic heterocycles. The second-order valence-corrected chi connectivity index (χ2v) is 7.27. The Morgan fingerprint density at radius 1 is 1.00 bits per heavy atom. The van der Waals surface area contributed by atoms with Crippen molar-refractivity contribution in [2.45, 2.75) is 9.24 Å². The number of amides is 1. The Balaban J connectivity index is 1.59. The standard InChI is InChI=1S/C18H12N4OS2/c23-17(15-10-9-12-5-1-2-6-13(12)20-15)21-14-7-3-4-8-16(14)25-18-22-19-11-24-18/h1-11H,(H,21,23). The summed E-state index contributed by atoms with van der Waals surface area (Å²) < 4.78 is 0.825. The lowest BCUT2D eigenvalue weighted by atomic mass is 10.2. The monoisotopic (exact) mass is 364 g/mol. The molecule has 4 aromatic rings. The number of carbonyl (C=O) groups is 1. The highest BCUT2D eigenvalue weighted by atomic mass is 32.2. The van der Waals surface area contributed by atoms with Crippen LogP contribution in [0.4, 0.5) is 5.69 Å². The van der Waals surface area contributed by atoms with Gasteiger partial charge in [0, 0.05) is 10.3 Å². The van der Waals surface area contributed by atoms with Crippen LogP contribution >= 0.6 is 23.1 Å². The van der Waals surface area contributed by atoms with Crippen molar-refractivity contribution in [1.29, 1.82) is 0 Å². The Labute approximate surface area is 152 Å². The number of benzene rings is 2. The van der Waals surface area contributed by atoms with Crippen LogP contribution in [0.3, 0.4) is 0 Å². The molecule has 0 aliphatic rings. The summed E-state index contributed by atoms with van der Waals surface area (Å²) in [5.41, 5.74) is 3.59. The molecule has 2 aromatic carbocycles. The van der Waals surface area contributed by atoms with Crippen molar-refractivity contribution < 1.29 is 4.79 Å². The van der Waals surface area contributed by atoms with Gasteiger partial charge in [-0.15, -0.1) is 10.2 Å². The van der Waals surface area contributed by atoms with Gasteiger partial charge in [-0.3, -0.25) is 4.79 Å². The number of carbonyl (C=O) groups excluding carboxylic acids is 1. The van der Waals surface area contributed by atoms with Gasteiger partial charge in [0.25, 0.3) is 5.91 Å². The lowest BCUT2D eigenvalue weighted by Crippen LogP contribution is -2.14. The van der Waals surface area contributed by atoms with E-state index < -0.39 is 0 Å². The molecule has 0 saturated heterocycles. The summed E-state index contributed by atoms with van der Waals surface area (Å²) in [4.78, 5) is 18.0. The Morgan fingerprint density at radius 3 is 2.72 bits per heavy atom. The number of aromatic nitrogens is 3. The first-order valence-electron chi connectivity index (χ1n) is 7.50. The Kier molecular flexibility index (Phi) is 4.41. The molecule has 0 aliphatic carbocycles. The first kappa shape index (κ1) is 15.7. The fraction of sp³-hybridized carbons (Fsp3) is 0. The average molecular weight is 364 g/mol. The number of hydrogen-bond acceptors (Lipinski definition) is 6. The molecule has 0 unspecified atom stereocenters. The third kappa shape index (κ3) is 3.52. The van der Waals surface area contributed by atoms with Crippen LogP contribution in [-0.4, -0.2) is 21.1 Å². The van der Waals surface area contributed by atoms with Crippen molar-refractivity contribution in [3.05, 3.63) is 71.9 Å². The van der Waals surface area contributed by atoms with Crippen molar-refractivity contribution in [2.75, 3.05) is 5.32 Å². The number of hydrogen-bond donors (Lipinski definition) is 1. The molecular weight excluding hydrogens is 352 g/mol. The maximum Gasteiger partial charge on any atom is 0.274 e. The normalized spacial score (nSPS) is 10.7. The highest BCUT2D eigenvalue weighted by Crippen LogP contribution is 2.34. The SMILES string of the molecule is O=C(Nc1ccccc1Sc1nncs1)c1ccc2ccccc2n1. The third-order valence-corrected chi connectivity index (χ3v) is 5.36. The van der Waals surface area contributed by atoms with E-state index in [1.165, 1.54) is 23.1 Å². The first-order chi connectivity index (χ1) is 12.3. The molecule has 0 atom stereocenters. The van der Waals surface area contributed by atoms with E-state index in [1.54, 1.807) is 11.6 Å². The van der Waals surface area contributed by atoms with Crippen LogP contribution in [0.5, 0.6) is 0 Å². The van der Waals surface area contributed by atoms with Gasteiger partial charge >= 0.3 is 0 Å². The van der Waals surface area contributed by atoms with Crippen LogP contribution in [0.15, 0.2) is 75.4 Å². The van der Waals surface area contributed by atoms with E-state index in [-0.39, 0.29) is 5.91 Å². The summed E-state index contributed by atoms with van der Waals surface area (Å²) in [7, 11) is 0. The first-order valence-corrected chi connectivity index (χ1v) is 9.19. The van der Waals surface area contributed by atoms with E-state index >= 15 is 0 Å². The number of pyridine rings is 1. The Hall–Kier alpha value is -2.77. The van der Waals surface area contributed by atoms with Crippen LogP contribution in [0.2, 0.25) is 0 Å². The highest BCUT2D eigenvalue weighted by molar-refractivity contribution is 8.01. The van der Waals surface area contributed by atoms with Crippen LogP contribution in [0.1, 0.15) is 10.5 Å². The molecule has 7 heteroatoms. The second kappa shape index (κ2) is 7.00. The zero-order valence-corrected chi connectivity index (χ0v) is 14.6. The van der Waals surface area contributed by atoms with Crippen LogP contribution in [0, 0.1) is 0 Å². The molecule has 4 rings (SSSR count). The van der Waals surface area contributed by atoms with E-state index in [0.29, 0.717) is 5.69 Å². The Morgan fingerprint density at radius 2 is 1.84 bits per heavy atom. The molecule has 122 valence electrons. The van der Waals surface area contributed by atoms with Gasteiger partial charge in [0.1, 0.15) is 11.2 Å². The van der Waals surface area contributed by atoms with E-state index in [4.69, 9.17) is 0 Å². The molecule has 0 spiro atoms. The van der Waals surface area contributed by atoms with Crippen molar-refractivity contribution in [3.63, 3.8) is 0 Å². The molecule has 5 nitrogen and oxygen atoms in total. The molecule has 1 amide bonds.